The van der Waals surface area contributed by atoms with E-state index in [4.69, 9.17) is 9.15 Å². The molecule has 0 unspecified atom stereocenters. The molecule has 2 aromatic rings. The fourth-order valence-corrected chi connectivity index (χ4v) is 2.87. The van der Waals surface area contributed by atoms with E-state index in [1.165, 1.54) is 17.2 Å². The van der Waals surface area contributed by atoms with E-state index in [0.717, 1.165) is 0 Å². The lowest BCUT2D eigenvalue weighted by Gasteiger charge is -2.29. The number of furan rings is 1. The highest BCUT2D eigenvalue weighted by Gasteiger charge is 2.30. The number of benzene rings is 1. The molecule has 0 bridgehead atoms. The summed E-state index contributed by atoms with van der Waals surface area (Å²) < 4.78 is 10.2. The zero-order chi connectivity index (χ0) is 21.0. The summed E-state index contributed by atoms with van der Waals surface area (Å²) >= 11 is 0. The van der Waals surface area contributed by atoms with Gasteiger partial charge in [-0.1, -0.05) is 26.0 Å². The van der Waals surface area contributed by atoms with Crippen LogP contribution in [0, 0.1) is 5.92 Å². The molecule has 2 heterocycles. The predicted molar refractivity (Wildman–Crippen MR) is 103 cm³/mol. The van der Waals surface area contributed by atoms with Crippen LogP contribution in [-0.4, -0.2) is 42.9 Å². The number of hydrogen-bond donors (Lipinski definition) is 2. The summed E-state index contributed by atoms with van der Waals surface area (Å²) in [6.45, 7) is 2.75. The summed E-state index contributed by atoms with van der Waals surface area (Å²) in [6, 6.07) is 8.91. The highest BCUT2D eigenvalue weighted by molar-refractivity contribution is 6.10. The second kappa shape index (κ2) is 8.59. The van der Waals surface area contributed by atoms with Gasteiger partial charge in [0.25, 0.3) is 11.8 Å². The van der Waals surface area contributed by atoms with Gasteiger partial charge in [0.15, 0.2) is 12.4 Å². The van der Waals surface area contributed by atoms with Gasteiger partial charge in [-0.05, 0) is 30.2 Å². The van der Waals surface area contributed by atoms with E-state index in [0.29, 0.717) is 11.4 Å². The van der Waals surface area contributed by atoms with Crippen LogP contribution < -0.4 is 15.5 Å². The van der Waals surface area contributed by atoms with Crippen molar-refractivity contribution < 1.29 is 28.3 Å². The molecule has 0 saturated carbocycles. The molecule has 152 valence electrons. The summed E-state index contributed by atoms with van der Waals surface area (Å²) in [6.07, 6.45) is 1.35. The molecule has 2 N–H and O–H groups in total. The van der Waals surface area contributed by atoms with Crippen LogP contribution in [0.15, 0.2) is 47.1 Å². The van der Waals surface area contributed by atoms with Crippen LogP contribution in [0.5, 0.6) is 0 Å². The van der Waals surface area contributed by atoms with E-state index in [1.807, 2.05) is 0 Å². The molecule has 3 rings (SSSR count). The summed E-state index contributed by atoms with van der Waals surface area (Å²) in [4.78, 5) is 50.3. The number of fused-ring (bicyclic) bond motifs is 1. The maximum Gasteiger partial charge on any atom is 0.329 e. The minimum absolute atomic E-state index is 0.0652. The number of carbonyl (C=O) groups is 4. The molecule has 0 spiro atoms. The lowest BCUT2D eigenvalue weighted by atomic mass is 10.0. The third-order valence-electron chi connectivity index (χ3n) is 4.36. The molecule has 1 aliphatic rings. The van der Waals surface area contributed by atoms with Crippen LogP contribution in [-0.2, 0) is 19.1 Å². The van der Waals surface area contributed by atoms with Crippen LogP contribution in [0.4, 0.5) is 11.4 Å². The molecule has 1 atom stereocenters. The Hall–Kier alpha value is -3.62. The first kappa shape index (κ1) is 20.1. The largest absolute Gasteiger partial charge is 0.459 e. The third kappa shape index (κ3) is 4.63. The van der Waals surface area contributed by atoms with Gasteiger partial charge in [-0.25, -0.2) is 4.79 Å². The Morgan fingerprint density at radius 3 is 2.66 bits per heavy atom. The standard InChI is InChI=1S/C20H21N3O6/c1-12(2)18(22-19(26)15-8-5-9-28-15)20(27)29-11-17(25)23-10-16(24)21-13-6-3-4-7-14(13)23/h3-9,12,18H,10-11H2,1-2H3,(H,21,24)(H,22,26)/t18-/m0/s1. The molecule has 1 aromatic carbocycles. The Kier molecular flexibility index (Phi) is 5.96. The number of anilines is 2. The van der Waals surface area contributed by atoms with Crippen molar-refractivity contribution in [3.63, 3.8) is 0 Å². The van der Waals surface area contributed by atoms with Crippen molar-refractivity contribution in [3.8, 4) is 0 Å². The van der Waals surface area contributed by atoms with Crippen LogP contribution in [0.1, 0.15) is 24.4 Å². The molecule has 1 aromatic heterocycles. The maximum absolute atomic E-state index is 12.6. The van der Waals surface area contributed by atoms with E-state index >= 15 is 0 Å². The van der Waals surface area contributed by atoms with Crippen molar-refractivity contribution in [2.75, 3.05) is 23.4 Å². The lowest BCUT2D eigenvalue weighted by Crippen LogP contribution is -2.47. The Morgan fingerprint density at radius 2 is 1.97 bits per heavy atom. The smallest absolute Gasteiger partial charge is 0.329 e. The lowest BCUT2D eigenvalue weighted by molar-refractivity contribution is -0.150. The van der Waals surface area contributed by atoms with Gasteiger partial charge in [0.2, 0.25) is 5.91 Å². The van der Waals surface area contributed by atoms with Gasteiger partial charge in [0.05, 0.1) is 17.6 Å². The van der Waals surface area contributed by atoms with Crippen LogP contribution in [0.2, 0.25) is 0 Å². The molecule has 0 radical (unpaired) electrons. The number of esters is 1. The summed E-state index contributed by atoms with van der Waals surface area (Å²) in [5, 5.41) is 5.23. The number of hydrogen-bond acceptors (Lipinski definition) is 6. The Balaban J connectivity index is 1.63. The Labute approximate surface area is 167 Å². The average molecular weight is 399 g/mol. The molecule has 9 heteroatoms. The number of ether oxygens (including phenoxy) is 1. The summed E-state index contributed by atoms with van der Waals surface area (Å²) in [5.41, 5.74) is 1.04. The molecule has 0 fully saturated rings. The normalized spacial score (nSPS) is 14.0. The summed E-state index contributed by atoms with van der Waals surface area (Å²) in [5.74, 6) is -2.40. The molecule has 0 saturated heterocycles. The second-order valence-electron chi connectivity index (χ2n) is 6.83. The van der Waals surface area contributed by atoms with E-state index in [-0.39, 0.29) is 24.1 Å². The molecule has 9 nitrogen and oxygen atoms in total. The van der Waals surface area contributed by atoms with Crippen molar-refractivity contribution in [2.24, 2.45) is 5.92 Å². The van der Waals surface area contributed by atoms with Crippen LogP contribution in [0.3, 0.4) is 0 Å². The number of amides is 3. The highest BCUT2D eigenvalue weighted by atomic mass is 16.5. The second-order valence-corrected chi connectivity index (χ2v) is 6.83. The maximum atomic E-state index is 12.6. The SMILES string of the molecule is CC(C)[C@H](NC(=O)c1ccco1)C(=O)OCC(=O)N1CC(=O)Nc2ccccc21. The topological polar surface area (TPSA) is 118 Å². The first-order chi connectivity index (χ1) is 13.9. The van der Waals surface area contributed by atoms with Gasteiger partial charge in [-0.3, -0.25) is 19.3 Å². The first-order valence-electron chi connectivity index (χ1n) is 9.07. The number of carbonyl (C=O) groups excluding carboxylic acids is 4. The minimum atomic E-state index is -0.961. The Morgan fingerprint density at radius 1 is 1.21 bits per heavy atom. The van der Waals surface area contributed by atoms with Crippen LogP contribution >= 0.6 is 0 Å². The van der Waals surface area contributed by atoms with Crippen molar-refractivity contribution in [1.82, 2.24) is 5.32 Å². The average Bonchev–Trinajstić information content (AvgIpc) is 3.23. The van der Waals surface area contributed by atoms with Crippen molar-refractivity contribution in [2.45, 2.75) is 19.9 Å². The van der Waals surface area contributed by atoms with Crippen molar-refractivity contribution >= 4 is 35.1 Å². The van der Waals surface area contributed by atoms with Crippen molar-refractivity contribution in [3.05, 3.63) is 48.4 Å². The molecular formula is C20H21N3O6. The zero-order valence-electron chi connectivity index (χ0n) is 16.0. The molecule has 3 amide bonds. The van der Waals surface area contributed by atoms with Gasteiger partial charge in [-0.15, -0.1) is 0 Å². The zero-order valence-corrected chi connectivity index (χ0v) is 16.0. The number of para-hydroxylation sites is 2. The monoisotopic (exact) mass is 399 g/mol. The van der Waals surface area contributed by atoms with Gasteiger partial charge < -0.3 is 19.8 Å². The van der Waals surface area contributed by atoms with E-state index in [9.17, 15) is 19.2 Å². The van der Waals surface area contributed by atoms with E-state index < -0.39 is 30.4 Å². The fraction of sp³-hybridized carbons (Fsp3) is 0.300. The number of nitrogens with one attached hydrogen (secondary N) is 2. The number of nitrogens with zero attached hydrogens (tertiary/aromatic N) is 1. The van der Waals surface area contributed by atoms with E-state index in [2.05, 4.69) is 10.6 Å². The highest BCUT2D eigenvalue weighted by Crippen LogP contribution is 2.28. The number of rotatable bonds is 6. The Bertz CT molecular complexity index is 922. The van der Waals surface area contributed by atoms with E-state index in [1.54, 1.807) is 44.2 Å². The predicted octanol–water partition coefficient (Wildman–Crippen LogP) is 1.56. The first-order valence-corrected chi connectivity index (χ1v) is 9.07. The van der Waals surface area contributed by atoms with Crippen molar-refractivity contribution in [1.29, 1.82) is 0 Å². The molecular weight excluding hydrogens is 378 g/mol. The van der Waals surface area contributed by atoms with Crippen LogP contribution in [0.25, 0.3) is 0 Å². The summed E-state index contributed by atoms with van der Waals surface area (Å²) in [7, 11) is 0. The minimum Gasteiger partial charge on any atom is -0.459 e. The van der Waals surface area contributed by atoms with Gasteiger partial charge in [-0.2, -0.15) is 0 Å². The molecule has 1 aliphatic heterocycles. The fourth-order valence-electron chi connectivity index (χ4n) is 2.87. The van der Waals surface area contributed by atoms with Gasteiger partial charge >= 0.3 is 5.97 Å². The van der Waals surface area contributed by atoms with Gasteiger partial charge in [0.1, 0.15) is 12.6 Å². The molecule has 0 aliphatic carbocycles. The third-order valence-corrected chi connectivity index (χ3v) is 4.36. The van der Waals surface area contributed by atoms with Gasteiger partial charge in [0, 0.05) is 0 Å². The quantitative estimate of drug-likeness (QED) is 0.712. The molecule has 29 heavy (non-hydrogen) atoms.